The maximum atomic E-state index is 13.1. The maximum absolute atomic E-state index is 13.1. The second kappa shape index (κ2) is 8.15. The Morgan fingerprint density at radius 1 is 1.16 bits per heavy atom. The number of carbonyl (C=O) groups is 1. The van der Waals surface area contributed by atoms with Gasteiger partial charge in [-0.25, -0.2) is 0 Å². The van der Waals surface area contributed by atoms with Crippen molar-refractivity contribution in [3.8, 4) is 0 Å². The van der Waals surface area contributed by atoms with E-state index in [1.807, 2.05) is 54.4 Å². The predicted molar refractivity (Wildman–Crippen MR) is 99.5 cm³/mol. The zero-order valence-electron chi connectivity index (χ0n) is 14.2. The van der Waals surface area contributed by atoms with Crippen molar-refractivity contribution in [3.05, 3.63) is 60.2 Å². The number of hydrogen-bond acceptors (Lipinski definition) is 4. The van der Waals surface area contributed by atoms with Crippen LogP contribution in [0, 0.1) is 5.92 Å². The average Bonchev–Trinajstić information content (AvgIpc) is 3.06. The first-order chi connectivity index (χ1) is 12.0. The van der Waals surface area contributed by atoms with Gasteiger partial charge >= 0.3 is 153 Å². The molecule has 2 aromatic rings. The van der Waals surface area contributed by atoms with Crippen LogP contribution in [0.3, 0.4) is 0 Å². The molecule has 5 nitrogen and oxygen atoms in total. The van der Waals surface area contributed by atoms with E-state index in [0.717, 1.165) is 30.8 Å². The van der Waals surface area contributed by atoms with Gasteiger partial charge in [-0.3, -0.25) is 0 Å². The molecule has 0 radical (unpaired) electrons. The molecule has 0 spiro atoms. The number of rotatable bonds is 5. The monoisotopic (exact) mass is 402 g/mol. The summed E-state index contributed by atoms with van der Waals surface area (Å²) in [5.74, 6) is 0.134. The molecule has 1 aliphatic heterocycles. The summed E-state index contributed by atoms with van der Waals surface area (Å²) >= 11 is -2.88. The molecule has 3 rings (SSSR count). The van der Waals surface area contributed by atoms with E-state index >= 15 is 0 Å². The van der Waals surface area contributed by atoms with Gasteiger partial charge in [0.1, 0.15) is 0 Å². The molecule has 0 bridgehead atoms. The van der Waals surface area contributed by atoms with Crippen LogP contribution in [0.15, 0.2) is 54.6 Å². The van der Waals surface area contributed by atoms with Crippen molar-refractivity contribution >= 4 is 31.3 Å². The zero-order valence-corrected chi connectivity index (χ0v) is 16.1. The topological polar surface area (TPSA) is 64.0 Å². The molecule has 0 aromatic heterocycles. The zero-order chi connectivity index (χ0) is 17.8. The number of nitrogens with zero attached hydrogens (tertiary/aromatic N) is 2. The first kappa shape index (κ1) is 18.1. The van der Waals surface area contributed by atoms with Crippen LogP contribution in [0.5, 0.6) is 0 Å². The summed E-state index contributed by atoms with van der Waals surface area (Å²) < 4.78 is 19.4. The Labute approximate surface area is 153 Å². The number of amides is 1. The molecule has 2 aromatic carbocycles. The van der Waals surface area contributed by atoms with Crippen LogP contribution in [-0.2, 0) is 11.3 Å². The van der Waals surface area contributed by atoms with Gasteiger partial charge in [-0.1, -0.05) is 0 Å². The van der Waals surface area contributed by atoms with E-state index in [9.17, 15) is 13.0 Å². The first-order valence-electron chi connectivity index (χ1n) is 8.36. The Morgan fingerprint density at radius 2 is 1.84 bits per heavy atom. The van der Waals surface area contributed by atoms with Crippen LogP contribution in [0.4, 0.5) is 5.69 Å². The van der Waals surface area contributed by atoms with E-state index in [-0.39, 0.29) is 11.8 Å². The molecular weight excluding hydrogens is 379 g/mol. The number of carbonyl (C=O) groups excluding carboxylic acids is 1. The van der Waals surface area contributed by atoms with E-state index in [1.165, 1.54) is 0 Å². The van der Waals surface area contributed by atoms with Gasteiger partial charge < -0.3 is 0 Å². The van der Waals surface area contributed by atoms with E-state index in [1.54, 1.807) is 12.1 Å². The summed E-state index contributed by atoms with van der Waals surface area (Å²) in [6.45, 7) is 2.24. The SMILES string of the molecule is CN1CCC(C(=O)N(Cc2ccccc2)c2ccc([As](O)O)cc2)C1. The molecule has 6 heteroatoms. The van der Waals surface area contributed by atoms with Crippen molar-refractivity contribution < 1.29 is 13.0 Å². The second-order valence-electron chi connectivity index (χ2n) is 6.46. The molecule has 25 heavy (non-hydrogen) atoms. The Kier molecular flexibility index (Phi) is 5.92. The number of likely N-dealkylation sites (tertiary alicyclic amines) is 1. The van der Waals surface area contributed by atoms with Crippen LogP contribution in [0.25, 0.3) is 0 Å². The molecule has 0 saturated carbocycles. The van der Waals surface area contributed by atoms with E-state index in [4.69, 9.17) is 0 Å². The van der Waals surface area contributed by atoms with Gasteiger partial charge in [0.15, 0.2) is 0 Å². The summed E-state index contributed by atoms with van der Waals surface area (Å²) in [4.78, 5) is 17.1. The van der Waals surface area contributed by atoms with Gasteiger partial charge in [-0.2, -0.15) is 0 Å². The van der Waals surface area contributed by atoms with Gasteiger partial charge in [0.2, 0.25) is 0 Å². The third-order valence-corrected chi connectivity index (χ3v) is 6.18. The van der Waals surface area contributed by atoms with Crippen molar-refractivity contribution in [2.45, 2.75) is 13.0 Å². The summed E-state index contributed by atoms with van der Waals surface area (Å²) in [5, 5.41) is 0. The molecule has 1 atom stereocenters. The normalized spacial score (nSPS) is 17.8. The molecule has 1 heterocycles. The van der Waals surface area contributed by atoms with Gasteiger partial charge in [-0.15, -0.1) is 0 Å². The molecule has 132 valence electrons. The third kappa shape index (κ3) is 4.50. The molecule has 1 fully saturated rings. The fourth-order valence-electron chi connectivity index (χ4n) is 3.19. The van der Waals surface area contributed by atoms with Crippen LogP contribution >= 0.6 is 0 Å². The Balaban J connectivity index is 1.86. The van der Waals surface area contributed by atoms with Crippen molar-refractivity contribution in [1.82, 2.24) is 4.90 Å². The van der Waals surface area contributed by atoms with Crippen LogP contribution < -0.4 is 9.25 Å². The number of benzene rings is 2. The van der Waals surface area contributed by atoms with Crippen LogP contribution in [0.2, 0.25) is 0 Å². The molecule has 1 aliphatic rings. The minimum atomic E-state index is -2.88. The van der Waals surface area contributed by atoms with E-state index in [0.29, 0.717) is 10.9 Å². The Bertz CT molecular complexity index is 706. The summed E-state index contributed by atoms with van der Waals surface area (Å²) in [6, 6.07) is 17.0. The van der Waals surface area contributed by atoms with Gasteiger partial charge in [0.05, 0.1) is 0 Å². The average molecular weight is 402 g/mol. The molecular formula is C19H23AsN2O3. The van der Waals surface area contributed by atoms with Gasteiger partial charge in [0.25, 0.3) is 0 Å². The molecule has 1 unspecified atom stereocenters. The predicted octanol–water partition coefficient (Wildman–Crippen LogP) is 0.851. The van der Waals surface area contributed by atoms with Crippen molar-refractivity contribution in [2.24, 2.45) is 5.92 Å². The Morgan fingerprint density at radius 3 is 2.40 bits per heavy atom. The van der Waals surface area contributed by atoms with Gasteiger partial charge in [0, 0.05) is 0 Å². The van der Waals surface area contributed by atoms with E-state index in [2.05, 4.69) is 4.90 Å². The first-order valence-corrected chi connectivity index (χ1v) is 11.0. The number of anilines is 1. The summed E-state index contributed by atoms with van der Waals surface area (Å²) in [7, 11) is 2.04. The second-order valence-corrected chi connectivity index (χ2v) is 8.76. The standard InChI is InChI=1S/C19H23AsN2O3/c1-21-12-11-16(14-21)19(23)22(13-15-5-3-2-4-6-15)18-9-7-17(8-10-18)20(24)25/h2-10,16,24-25H,11-14H2,1H3. The van der Waals surface area contributed by atoms with Crippen molar-refractivity contribution in [1.29, 1.82) is 0 Å². The number of hydrogen-bond donors (Lipinski definition) is 2. The quantitative estimate of drug-likeness (QED) is 0.729. The van der Waals surface area contributed by atoms with Crippen molar-refractivity contribution in [3.63, 3.8) is 0 Å². The fourth-order valence-corrected chi connectivity index (χ4v) is 4.06. The Hall–Kier alpha value is -1.65. The van der Waals surface area contributed by atoms with Crippen LogP contribution in [-0.4, -0.2) is 54.5 Å². The summed E-state index contributed by atoms with van der Waals surface area (Å²) in [6.07, 6.45) is 0.876. The van der Waals surface area contributed by atoms with Gasteiger partial charge in [-0.05, 0) is 0 Å². The molecule has 0 aliphatic carbocycles. The third-order valence-electron chi connectivity index (χ3n) is 4.58. The van der Waals surface area contributed by atoms with Crippen molar-refractivity contribution in [2.75, 3.05) is 25.0 Å². The fraction of sp³-hybridized carbons (Fsp3) is 0.316. The summed E-state index contributed by atoms with van der Waals surface area (Å²) in [5.41, 5.74) is 1.87. The molecule has 1 amide bonds. The van der Waals surface area contributed by atoms with E-state index < -0.39 is 15.3 Å². The van der Waals surface area contributed by atoms with Crippen LogP contribution in [0.1, 0.15) is 12.0 Å². The molecule has 2 N–H and O–H groups in total. The minimum absolute atomic E-state index is 0.00617. The molecule has 1 saturated heterocycles.